The Hall–Kier alpha value is -1.16. The van der Waals surface area contributed by atoms with E-state index in [1.54, 1.807) is 0 Å². The Kier molecular flexibility index (Phi) is 5.91. The van der Waals surface area contributed by atoms with E-state index in [2.05, 4.69) is 47.9 Å². The number of aromatic nitrogens is 2. The zero-order valence-electron chi connectivity index (χ0n) is 11.4. The van der Waals surface area contributed by atoms with E-state index in [-0.39, 0.29) is 0 Å². The van der Waals surface area contributed by atoms with Crippen LogP contribution < -0.4 is 10.2 Å². The Balaban J connectivity index is 2.59. The topological polar surface area (TPSA) is 41.1 Å². The second-order valence-corrected chi connectivity index (χ2v) is 4.57. The van der Waals surface area contributed by atoms with Crippen LogP contribution in [-0.2, 0) is 6.54 Å². The molecule has 0 aromatic carbocycles. The van der Waals surface area contributed by atoms with Gasteiger partial charge < -0.3 is 10.2 Å². The smallest absolute Gasteiger partial charge is 0.147 e. The van der Waals surface area contributed by atoms with Crippen molar-refractivity contribution in [3.8, 4) is 0 Å². The van der Waals surface area contributed by atoms with Gasteiger partial charge in [0.25, 0.3) is 0 Å². The Labute approximate surface area is 104 Å². The lowest BCUT2D eigenvalue weighted by molar-refractivity contribution is 0.547. The number of nitrogens with zero attached hydrogens (tertiary/aromatic N) is 3. The van der Waals surface area contributed by atoms with Crippen LogP contribution in [0, 0.1) is 5.92 Å². The second-order valence-electron chi connectivity index (χ2n) is 4.57. The molecule has 0 saturated heterocycles. The molecular formula is C13H24N4. The van der Waals surface area contributed by atoms with Gasteiger partial charge in [-0.25, -0.2) is 4.98 Å². The Morgan fingerprint density at radius 1 is 1.24 bits per heavy atom. The number of rotatable bonds is 7. The van der Waals surface area contributed by atoms with Gasteiger partial charge in [-0.2, -0.15) is 0 Å². The molecule has 0 fully saturated rings. The third-order valence-electron chi connectivity index (χ3n) is 2.62. The van der Waals surface area contributed by atoms with Gasteiger partial charge >= 0.3 is 0 Å². The van der Waals surface area contributed by atoms with E-state index in [1.807, 2.05) is 12.4 Å². The first-order valence-corrected chi connectivity index (χ1v) is 6.43. The molecule has 0 atom stereocenters. The Morgan fingerprint density at radius 3 is 2.53 bits per heavy atom. The van der Waals surface area contributed by atoms with E-state index >= 15 is 0 Å². The molecule has 0 aliphatic heterocycles. The molecule has 0 spiro atoms. The summed E-state index contributed by atoms with van der Waals surface area (Å²) in [5, 5.41) is 3.38. The van der Waals surface area contributed by atoms with Crippen molar-refractivity contribution in [3.05, 3.63) is 18.1 Å². The van der Waals surface area contributed by atoms with Crippen molar-refractivity contribution >= 4 is 5.82 Å². The first-order valence-electron chi connectivity index (χ1n) is 6.43. The van der Waals surface area contributed by atoms with E-state index in [0.717, 1.165) is 37.7 Å². The summed E-state index contributed by atoms with van der Waals surface area (Å²) >= 11 is 0. The molecule has 0 amide bonds. The van der Waals surface area contributed by atoms with Gasteiger partial charge in [-0.05, 0) is 26.3 Å². The molecule has 4 nitrogen and oxygen atoms in total. The van der Waals surface area contributed by atoms with E-state index in [1.165, 1.54) is 0 Å². The molecule has 4 heteroatoms. The maximum atomic E-state index is 4.61. The minimum atomic E-state index is 0.661. The zero-order valence-corrected chi connectivity index (χ0v) is 11.4. The number of anilines is 1. The van der Waals surface area contributed by atoms with Crippen LogP contribution in [0.1, 0.15) is 33.4 Å². The highest BCUT2D eigenvalue weighted by Gasteiger charge is 2.05. The molecular weight excluding hydrogens is 212 g/mol. The van der Waals surface area contributed by atoms with Crippen LogP contribution in [0.2, 0.25) is 0 Å². The third kappa shape index (κ3) is 4.69. The van der Waals surface area contributed by atoms with E-state index in [0.29, 0.717) is 5.92 Å². The lowest BCUT2D eigenvalue weighted by atomic mass is 10.2. The van der Waals surface area contributed by atoms with Gasteiger partial charge in [0.1, 0.15) is 5.82 Å². The standard InChI is InChI=1S/C13H24N4/c1-5-17(6-2)13-10-15-9-12(16-13)8-14-7-11(3)4/h9-11,14H,5-8H2,1-4H3. The molecule has 0 unspecified atom stereocenters. The summed E-state index contributed by atoms with van der Waals surface area (Å²) < 4.78 is 0. The highest BCUT2D eigenvalue weighted by atomic mass is 15.2. The first kappa shape index (κ1) is 13.9. The van der Waals surface area contributed by atoms with E-state index < -0.39 is 0 Å². The zero-order chi connectivity index (χ0) is 12.7. The molecule has 96 valence electrons. The van der Waals surface area contributed by atoms with Crippen molar-refractivity contribution in [1.29, 1.82) is 0 Å². The molecule has 1 aromatic heterocycles. The maximum Gasteiger partial charge on any atom is 0.147 e. The van der Waals surface area contributed by atoms with Crippen molar-refractivity contribution in [3.63, 3.8) is 0 Å². The molecule has 1 aromatic rings. The number of hydrogen-bond donors (Lipinski definition) is 1. The molecule has 0 aliphatic rings. The van der Waals surface area contributed by atoms with Crippen molar-refractivity contribution < 1.29 is 0 Å². The predicted molar refractivity (Wildman–Crippen MR) is 72.1 cm³/mol. The van der Waals surface area contributed by atoms with Gasteiger partial charge in [-0.15, -0.1) is 0 Å². The fraction of sp³-hybridized carbons (Fsp3) is 0.692. The van der Waals surface area contributed by atoms with Gasteiger partial charge in [-0.3, -0.25) is 4.98 Å². The van der Waals surface area contributed by atoms with Gasteiger partial charge in [0.2, 0.25) is 0 Å². The van der Waals surface area contributed by atoms with Crippen molar-refractivity contribution in [2.45, 2.75) is 34.2 Å². The van der Waals surface area contributed by atoms with Crippen LogP contribution in [0.4, 0.5) is 5.82 Å². The SMILES string of the molecule is CCN(CC)c1cncc(CNCC(C)C)n1. The average molecular weight is 236 g/mol. The van der Waals surface area contributed by atoms with Gasteiger partial charge in [0, 0.05) is 25.8 Å². The van der Waals surface area contributed by atoms with E-state index in [9.17, 15) is 0 Å². The fourth-order valence-corrected chi connectivity index (χ4v) is 1.67. The average Bonchev–Trinajstić information content (AvgIpc) is 2.31. The van der Waals surface area contributed by atoms with Crippen molar-refractivity contribution in [2.24, 2.45) is 5.92 Å². The summed E-state index contributed by atoms with van der Waals surface area (Å²) in [4.78, 5) is 11.1. The highest BCUT2D eigenvalue weighted by molar-refractivity contribution is 5.35. The van der Waals surface area contributed by atoms with Crippen LogP contribution >= 0.6 is 0 Å². The van der Waals surface area contributed by atoms with Gasteiger partial charge in [0.15, 0.2) is 0 Å². The summed E-state index contributed by atoms with van der Waals surface area (Å²) in [7, 11) is 0. The van der Waals surface area contributed by atoms with Crippen LogP contribution in [0.25, 0.3) is 0 Å². The Morgan fingerprint density at radius 2 is 1.94 bits per heavy atom. The summed E-state index contributed by atoms with van der Waals surface area (Å²) in [6.07, 6.45) is 3.67. The minimum Gasteiger partial charge on any atom is -0.356 e. The minimum absolute atomic E-state index is 0.661. The summed E-state index contributed by atoms with van der Waals surface area (Å²) in [5.74, 6) is 1.63. The van der Waals surface area contributed by atoms with Crippen LogP contribution in [-0.4, -0.2) is 29.6 Å². The predicted octanol–water partition coefficient (Wildman–Crippen LogP) is 2.07. The van der Waals surface area contributed by atoms with Crippen LogP contribution in [0.3, 0.4) is 0 Å². The fourth-order valence-electron chi connectivity index (χ4n) is 1.67. The lowest BCUT2D eigenvalue weighted by Gasteiger charge is -2.19. The molecule has 0 radical (unpaired) electrons. The van der Waals surface area contributed by atoms with E-state index in [4.69, 9.17) is 0 Å². The first-order chi connectivity index (χ1) is 8.17. The molecule has 1 N–H and O–H groups in total. The summed E-state index contributed by atoms with van der Waals surface area (Å²) in [6, 6.07) is 0. The lowest BCUT2D eigenvalue weighted by Crippen LogP contribution is -2.24. The summed E-state index contributed by atoms with van der Waals surface area (Å²) in [5.41, 5.74) is 1.01. The molecule has 0 aliphatic carbocycles. The molecule has 1 heterocycles. The normalized spacial score (nSPS) is 10.9. The Bertz CT molecular complexity index is 321. The monoisotopic (exact) mass is 236 g/mol. The van der Waals surface area contributed by atoms with Crippen molar-refractivity contribution in [2.75, 3.05) is 24.5 Å². The quantitative estimate of drug-likeness (QED) is 0.787. The highest BCUT2D eigenvalue weighted by Crippen LogP contribution is 2.08. The third-order valence-corrected chi connectivity index (χ3v) is 2.62. The second kappa shape index (κ2) is 7.22. The van der Waals surface area contributed by atoms with Crippen LogP contribution in [0.5, 0.6) is 0 Å². The van der Waals surface area contributed by atoms with Crippen molar-refractivity contribution in [1.82, 2.24) is 15.3 Å². The summed E-state index contributed by atoms with van der Waals surface area (Å²) in [6.45, 7) is 12.4. The maximum absolute atomic E-state index is 4.61. The number of nitrogens with one attached hydrogen (secondary N) is 1. The largest absolute Gasteiger partial charge is 0.356 e. The molecule has 0 saturated carbocycles. The molecule has 0 bridgehead atoms. The van der Waals surface area contributed by atoms with Gasteiger partial charge in [-0.1, -0.05) is 13.8 Å². The molecule has 17 heavy (non-hydrogen) atoms. The van der Waals surface area contributed by atoms with Crippen LogP contribution in [0.15, 0.2) is 12.4 Å². The number of hydrogen-bond acceptors (Lipinski definition) is 4. The van der Waals surface area contributed by atoms with Gasteiger partial charge in [0.05, 0.1) is 11.9 Å². The molecule has 1 rings (SSSR count).